The molecule has 0 spiro atoms. The third kappa shape index (κ3) is 8.07. The molecule has 5 nitrogen and oxygen atoms in total. The Morgan fingerprint density at radius 1 is 0.760 bits per heavy atom. The van der Waals surface area contributed by atoms with E-state index in [1.165, 1.54) is 20.0 Å². The molecule has 0 radical (unpaired) electrons. The topological polar surface area (TPSA) is 72.6 Å². The quantitative estimate of drug-likeness (QED) is 0.158. The van der Waals surface area contributed by atoms with Crippen LogP contribution in [-0.2, 0) is 29.8 Å². The molecule has 2 unspecified atom stereocenters. The molecule has 5 rings (SSSR count). The standard InChI is InChI=1S/C34H23ClF9NO3.CH5N/c1-17-9-19(16-46)3-6-26(17)20-4-8-29(35)28(13-20)27-7-5-23(32(36,37)38)12-22(27)15-45-18(2)30(48-31(45)47)21-10-24(33(39,40)41)14-25(11-21)34(42,43)44;1-2/h3-14,16,18,30H,15H2,1-2H3;2H2,1H3. The Hall–Kier alpha value is -4.56. The molecule has 0 saturated carbocycles. The molecule has 4 aromatic rings. The first kappa shape index (κ1) is 38.2. The maximum atomic E-state index is 13.9. The molecule has 0 aliphatic carbocycles. The third-order valence-corrected chi connectivity index (χ3v) is 8.39. The Labute approximate surface area is 285 Å². The zero-order chi connectivity index (χ0) is 37.3. The molecule has 1 heterocycles. The number of benzene rings is 4. The minimum Gasteiger partial charge on any atom is -0.439 e. The number of aldehydes is 1. The van der Waals surface area contributed by atoms with Gasteiger partial charge in [-0.05, 0) is 103 Å². The lowest BCUT2D eigenvalue weighted by atomic mass is 9.92. The summed E-state index contributed by atoms with van der Waals surface area (Å²) in [5, 5.41) is 0.139. The minimum absolute atomic E-state index is 0.0619. The van der Waals surface area contributed by atoms with Crippen LogP contribution in [0.1, 0.15) is 56.8 Å². The van der Waals surface area contributed by atoms with Gasteiger partial charge in [-0.3, -0.25) is 9.69 Å². The maximum absolute atomic E-state index is 13.9. The van der Waals surface area contributed by atoms with Gasteiger partial charge in [0.15, 0.2) is 0 Å². The summed E-state index contributed by atoms with van der Waals surface area (Å²) in [6.07, 6.45) is -17.2. The van der Waals surface area contributed by atoms with Crippen molar-refractivity contribution in [2.45, 2.75) is 51.1 Å². The average Bonchev–Trinajstić information content (AvgIpc) is 3.33. The zero-order valence-electron chi connectivity index (χ0n) is 26.4. The second kappa shape index (κ2) is 14.4. The predicted octanol–water partition coefficient (Wildman–Crippen LogP) is 10.5. The first-order valence-electron chi connectivity index (χ1n) is 14.7. The number of rotatable bonds is 6. The van der Waals surface area contributed by atoms with Gasteiger partial charge in [-0.2, -0.15) is 39.5 Å². The van der Waals surface area contributed by atoms with Gasteiger partial charge in [-0.25, -0.2) is 4.79 Å². The number of nitrogens with two attached hydrogens (primary N) is 1. The fraction of sp³-hybridized carbons (Fsp3) is 0.257. The number of halogens is 10. The second-order valence-corrected chi connectivity index (χ2v) is 11.7. The number of carbonyl (C=O) groups is 2. The third-order valence-electron chi connectivity index (χ3n) is 8.06. The lowest BCUT2D eigenvalue weighted by Gasteiger charge is -2.24. The summed E-state index contributed by atoms with van der Waals surface area (Å²) in [5.74, 6) is 0. The Morgan fingerprint density at radius 3 is 1.88 bits per heavy atom. The molecule has 0 aromatic heterocycles. The molecule has 50 heavy (non-hydrogen) atoms. The summed E-state index contributed by atoms with van der Waals surface area (Å²) in [7, 11) is 1.50. The average molecular weight is 731 g/mol. The van der Waals surface area contributed by atoms with Gasteiger partial charge >= 0.3 is 24.6 Å². The van der Waals surface area contributed by atoms with Crippen LogP contribution in [-0.4, -0.2) is 30.4 Å². The first-order valence-corrected chi connectivity index (χ1v) is 15.1. The summed E-state index contributed by atoms with van der Waals surface area (Å²) in [6.45, 7) is 2.50. The Kier molecular flexibility index (Phi) is 11.0. The van der Waals surface area contributed by atoms with Crippen molar-refractivity contribution in [3.05, 3.63) is 117 Å². The van der Waals surface area contributed by atoms with Crippen molar-refractivity contribution in [2.24, 2.45) is 5.73 Å². The molecular formula is C35H28ClF9N2O3. The lowest BCUT2D eigenvalue weighted by Crippen LogP contribution is -2.32. The molecule has 1 amide bonds. The highest BCUT2D eigenvalue weighted by atomic mass is 35.5. The van der Waals surface area contributed by atoms with Crippen LogP contribution >= 0.6 is 11.6 Å². The van der Waals surface area contributed by atoms with E-state index < -0.39 is 65.6 Å². The van der Waals surface area contributed by atoms with E-state index >= 15 is 0 Å². The number of cyclic esters (lactones) is 1. The summed E-state index contributed by atoms with van der Waals surface area (Å²) < 4.78 is 128. The van der Waals surface area contributed by atoms with E-state index in [4.69, 9.17) is 16.3 Å². The van der Waals surface area contributed by atoms with E-state index in [2.05, 4.69) is 5.73 Å². The molecule has 2 atom stereocenters. The molecular weight excluding hydrogens is 703 g/mol. The molecule has 1 saturated heterocycles. The van der Waals surface area contributed by atoms with Crippen LogP contribution in [0.25, 0.3) is 22.3 Å². The van der Waals surface area contributed by atoms with Gasteiger partial charge in [0.2, 0.25) is 0 Å². The second-order valence-electron chi connectivity index (χ2n) is 11.3. The van der Waals surface area contributed by atoms with Crippen LogP contribution in [0.15, 0.2) is 72.8 Å². The molecule has 4 aromatic carbocycles. The molecule has 2 N–H and O–H groups in total. The van der Waals surface area contributed by atoms with Gasteiger partial charge in [0, 0.05) is 16.1 Å². The van der Waals surface area contributed by atoms with Crippen LogP contribution in [0, 0.1) is 6.92 Å². The highest BCUT2D eigenvalue weighted by Gasteiger charge is 2.44. The van der Waals surface area contributed by atoms with Crippen molar-refractivity contribution in [3.8, 4) is 22.3 Å². The summed E-state index contributed by atoms with van der Waals surface area (Å²) >= 11 is 6.53. The Bertz CT molecular complexity index is 1870. The lowest BCUT2D eigenvalue weighted by molar-refractivity contribution is -0.143. The van der Waals surface area contributed by atoms with Gasteiger partial charge in [0.25, 0.3) is 0 Å². The molecule has 15 heteroatoms. The fourth-order valence-electron chi connectivity index (χ4n) is 5.63. The zero-order valence-corrected chi connectivity index (χ0v) is 27.2. The van der Waals surface area contributed by atoms with Crippen LogP contribution in [0.2, 0.25) is 5.02 Å². The SMILES string of the molecule is CN.Cc1cc(C=O)ccc1-c1ccc(Cl)c(-c2ccc(C(F)(F)F)cc2CN2C(=O)OC(c3cc(C(F)(F)F)cc(C(F)(F)F)c3)C2C)c1. The van der Waals surface area contributed by atoms with E-state index in [1.54, 1.807) is 37.3 Å². The van der Waals surface area contributed by atoms with Crippen molar-refractivity contribution in [1.29, 1.82) is 0 Å². The number of aryl methyl sites for hydroxylation is 1. The number of carbonyl (C=O) groups excluding carboxylic acids is 2. The minimum atomic E-state index is -5.16. The number of alkyl halides is 9. The van der Waals surface area contributed by atoms with E-state index in [-0.39, 0.29) is 27.8 Å². The smallest absolute Gasteiger partial charge is 0.416 e. The van der Waals surface area contributed by atoms with Gasteiger partial charge in [-0.1, -0.05) is 35.9 Å². The summed E-state index contributed by atoms with van der Waals surface area (Å²) in [5.41, 5.74) is 2.47. The van der Waals surface area contributed by atoms with E-state index in [1.807, 2.05) is 0 Å². The molecule has 1 aliphatic rings. The largest absolute Gasteiger partial charge is 0.439 e. The van der Waals surface area contributed by atoms with Crippen molar-refractivity contribution < 1.29 is 53.8 Å². The van der Waals surface area contributed by atoms with E-state index in [0.29, 0.717) is 35.1 Å². The van der Waals surface area contributed by atoms with Gasteiger partial charge in [0.1, 0.15) is 12.4 Å². The van der Waals surface area contributed by atoms with Crippen molar-refractivity contribution >= 4 is 24.0 Å². The van der Waals surface area contributed by atoms with Crippen LogP contribution in [0.5, 0.6) is 0 Å². The number of ether oxygens (including phenoxy) is 1. The number of hydrogen-bond donors (Lipinski definition) is 1. The predicted molar refractivity (Wildman–Crippen MR) is 168 cm³/mol. The van der Waals surface area contributed by atoms with E-state index in [0.717, 1.165) is 28.7 Å². The number of amides is 1. The summed E-state index contributed by atoms with van der Waals surface area (Å²) in [4.78, 5) is 25.2. The number of nitrogens with zero attached hydrogens (tertiary/aromatic N) is 1. The first-order chi connectivity index (χ1) is 23.3. The molecule has 1 aliphatic heterocycles. The monoisotopic (exact) mass is 730 g/mol. The highest BCUT2D eigenvalue weighted by molar-refractivity contribution is 6.33. The fourth-order valence-corrected chi connectivity index (χ4v) is 5.85. The van der Waals surface area contributed by atoms with Crippen LogP contribution in [0.3, 0.4) is 0 Å². The Balaban J connectivity index is 0.00000276. The number of hydrogen-bond acceptors (Lipinski definition) is 4. The Morgan fingerprint density at radius 2 is 1.34 bits per heavy atom. The normalized spacial score (nSPS) is 16.5. The van der Waals surface area contributed by atoms with Gasteiger partial charge in [-0.15, -0.1) is 0 Å². The molecule has 266 valence electrons. The van der Waals surface area contributed by atoms with E-state index in [9.17, 15) is 49.1 Å². The van der Waals surface area contributed by atoms with Gasteiger partial charge < -0.3 is 10.5 Å². The maximum Gasteiger partial charge on any atom is 0.416 e. The summed E-state index contributed by atoms with van der Waals surface area (Å²) in [6, 6.07) is 12.1. The van der Waals surface area contributed by atoms with Crippen LogP contribution in [0.4, 0.5) is 44.3 Å². The molecule has 0 bridgehead atoms. The van der Waals surface area contributed by atoms with Crippen LogP contribution < -0.4 is 5.73 Å². The van der Waals surface area contributed by atoms with Gasteiger partial charge in [0.05, 0.1) is 29.3 Å². The van der Waals surface area contributed by atoms with Crippen molar-refractivity contribution in [3.63, 3.8) is 0 Å². The highest BCUT2D eigenvalue weighted by Crippen LogP contribution is 2.43. The van der Waals surface area contributed by atoms with Crippen molar-refractivity contribution in [1.82, 2.24) is 4.90 Å². The van der Waals surface area contributed by atoms with Crippen molar-refractivity contribution in [2.75, 3.05) is 7.05 Å². The molecule has 1 fully saturated rings.